The summed E-state index contributed by atoms with van der Waals surface area (Å²) in [5.41, 5.74) is 8.18. The number of hydrogen-bond acceptors (Lipinski definition) is 5. The van der Waals surface area contributed by atoms with Gasteiger partial charge in [-0.1, -0.05) is 65.8 Å². The van der Waals surface area contributed by atoms with E-state index in [1.165, 1.54) is 6.26 Å². The number of ether oxygens (including phenoxy) is 1. The van der Waals surface area contributed by atoms with Gasteiger partial charge in [0.25, 0.3) is 5.91 Å². The summed E-state index contributed by atoms with van der Waals surface area (Å²) >= 11 is 0. The highest BCUT2D eigenvalue weighted by molar-refractivity contribution is 5.82. The monoisotopic (exact) mass is 446 g/mol. The minimum absolute atomic E-state index is 0.263. The van der Waals surface area contributed by atoms with Gasteiger partial charge in [-0.15, -0.1) is 0 Å². The van der Waals surface area contributed by atoms with Crippen LogP contribution in [0.5, 0.6) is 0 Å². The number of piperidine rings is 3. The zero-order chi connectivity index (χ0) is 22.8. The molecule has 7 nitrogen and oxygen atoms in total. The van der Waals surface area contributed by atoms with Crippen LogP contribution in [-0.4, -0.2) is 47.3 Å². The molecule has 0 spiro atoms. The fourth-order valence-electron chi connectivity index (χ4n) is 5.69. The molecule has 2 aromatic carbocycles. The van der Waals surface area contributed by atoms with Gasteiger partial charge in [0.15, 0.2) is 11.8 Å². The molecule has 3 aliphatic rings. The van der Waals surface area contributed by atoms with E-state index in [1.807, 2.05) is 60.7 Å². The molecule has 0 saturated carbocycles. The molecule has 170 valence electrons. The lowest BCUT2D eigenvalue weighted by Gasteiger charge is -2.54. The Balaban J connectivity index is 1.42. The molecule has 2 N–H and O–H groups in total. The lowest BCUT2D eigenvalue weighted by atomic mass is 9.81. The molecule has 2 atom stereocenters. The summed E-state index contributed by atoms with van der Waals surface area (Å²) in [5.74, 6) is -0.909. The van der Waals surface area contributed by atoms with Gasteiger partial charge in [-0.3, -0.25) is 9.59 Å². The van der Waals surface area contributed by atoms with E-state index in [2.05, 4.69) is 5.16 Å². The molecule has 1 amide bonds. The summed E-state index contributed by atoms with van der Waals surface area (Å²) in [7, 11) is 0. The second-order valence-corrected chi connectivity index (χ2v) is 9.14. The number of esters is 1. The van der Waals surface area contributed by atoms with E-state index in [9.17, 15) is 9.59 Å². The average Bonchev–Trinajstić information content (AvgIpc) is 3.35. The van der Waals surface area contributed by atoms with E-state index in [0.29, 0.717) is 16.7 Å². The Morgan fingerprint density at radius 1 is 0.970 bits per heavy atom. The van der Waals surface area contributed by atoms with Crippen molar-refractivity contribution in [1.82, 2.24) is 5.16 Å². The Labute approximate surface area is 192 Å². The summed E-state index contributed by atoms with van der Waals surface area (Å²) in [6.45, 7) is 2.16. The standard InChI is InChI=1S/C26H27N3O4/c27-25(30)24(21-13-16-32-28-21)29-14-11-18(12-15-29)22(17-29)33-26(31)23(19-7-3-1-4-8-19)20-9-5-2-6-10-20/h1-10,13,16,18,22-24H,11-12,14-15,17H2,(H-,27,30)/p+1/t18?,22-,24?,29?/m0/s1. The fourth-order valence-corrected chi connectivity index (χ4v) is 5.69. The van der Waals surface area contributed by atoms with E-state index in [4.69, 9.17) is 15.0 Å². The first kappa shape index (κ1) is 21.4. The van der Waals surface area contributed by atoms with E-state index < -0.39 is 17.9 Å². The number of nitrogens with two attached hydrogens (primary N) is 1. The highest BCUT2D eigenvalue weighted by atomic mass is 16.5. The SMILES string of the molecule is NC(=O)C(c1ccon1)[N+]12CCC(CC1)[C@@H](OC(=O)C(c1ccccc1)c1ccccc1)C2. The summed E-state index contributed by atoms with van der Waals surface area (Å²) < 4.78 is 11.7. The van der Waals surface area contributed by atoms with Crippen LogP contribution < -0.4 is 5.73 Å². The van der Waals surface area contributed by atoms with Crippen molar-refractivity contribution in [1.29, 1.82) is 0 Å². The highest BCUT2D eigenvalue weighted by Crippen LogP contribution is 2.42. The molecule has 7 heteroatoms. The van der Waals surface area contributed by atoms with Gasteiger partial charge in [0.1, 0.15) is 18.7 Å². The molecular weight excluding hydrogens is 418 g/mol. The zero-order valence-corrected chi connectivity index (χ0v) is 18.4. The maximum absolute atomic E-state index is 13.6. The molecule has 3 fully saturated rings. The maximum Gasteiger partial charge on any atom is 0.318 e. The molecule has 3 aliphatic heterocycles. The van der Waals surface area contributed by atoms with Crippen LogP contribution in [0.2, 0.25) is 0 Å². The molecule has 0 aliphatic carbocycles. The molecule has 3 aromatic rings. The van der Waals surface area contributed by atoms with Gasteiger partial charge in [-0.05, 0) is 11.1 Å². The van der Waals surface area contributed by atoms with Gasteiger partial charge >= 0.3 is 5.97 Å². The Kier molecular flexibility index (Phi) is 5.72. The number of fused-ring (bicyclic) bond motifs is 3. The minimum Gasteiger partial charge on any atom is -0.455 e. The number of quaternary nitrogens is 1. The van der Waals surface area contributed by atoms with E-state index in [-0.39, 0.29) is 18.0 Å². The third-order valence-electron chi connectivity index (χ3n) is 7.28. The van der Waals surface area contributed by atoms with Crippen LogP contribution in [-0.2, 0) is 14.3 Å². The third kappa shape index (κ3) is 4.04. The Morgan fingerprint density at radius 3 is 2.09 bits per heavy atom. The number of aromatic nitrogens is 1. The van der Waals surface area contributed by atoms with Crippen molar-refractivity contribution in [3.8, 4) is 0 Å². The maximum atomic E-state index is 13.6. The second-order valence-electron chi connectivity index (χ2n) is 9.14. The van der Waals surface area contributed by atoms with Crippen molar-refractivity contribution in [3.05, 3.63) is 89.8 Å². The second kappa shape index (κ2) is 8.83. The Morgan fingerprint density at radius 2 is 1.58 bits per heavy atom. The molecular formula is C26H28N3O4+. The van der Waals surface area contributed by atoms with Crippen LogP contribution in [0.3, 0.4) is 0 Å². The van der Waals surface area contributed by atoms with Crippen LogP contribution in [0.4, 0.5) is 0 Å². The first-order valence-corrected chi connectivity index (χ1v) is 11.4. The van der Waals surface area contributed by atoms with Crippen molar-refractivity contribution in [2.45, 2.75) is 30.9 Å². The van der Waals surface area contributed by atoms with Gasteiger partial charge in [-0.25, -0.2) is 0 Å². The molecule has 33 heavy (non-hydrogen) atoms. The first-order valence-electron chi connectivity index (χ1n) is 11.4. The summed E-state index contributed by atoms with van der Waals surface area (Å²) in [4.78, 5) is 26.1. The van der Waals surface area contributed by atoms with E-state index >= 15 is 0 Å². The van der Waals surface area contributed by atoms with Gasteiger partial charge < -0.3 is 19.5 Å². The van der Waals surface area contributed by atoms with Crippen LogP contribution >= 0.6 is 0 Å². The predicted octanol–water partition coefficient (Wildman–Crippen LogP) is 3.19. The highest BCUT2D eigenvalue weighted by Gasteiger charge is 2.54. The molecule has 4 heterocycles. The molecule has 1 aromatic heterocycles. The third-order valence-corrected chi connectivity index (χ3v) is 7.28. The van der Waals surface area contributed by atoms with Gasteiger partial charge in [-0.2, -0.15) is 0 Å². The average molecular weight is 447 g/mol. The van der Waals surface area contributed by atoms with E-state index in [1.54, 1.807) is 6.07 Å². The molecule has 2 bridgehead atoms. The number of carbonyl (C=O) groups is 2. The van der Waals surface area contributed by atoms with Crippen molar-refractivity contribution >= 4 is 11.9 Å². The summed E-state index contributed by atoms with van der Waals surface area (Å²) in [6, 6.07) is 20.5. The fraction of sp³-hybridized carbons (Fsp3) is 0.346. The van der Waals surface area contributed by atoms with Crippen molar-refractivity contribution in [3.63, 3.8) is 0 Å². The molecule has 0 radical (unpaired) electrons. The van der Waals surface area contributed by atoms with Crippen molar-refractivity contribution in [2.75, 3.05) is 19.6 Å². The van der Waals surface area contributed by atoms with Crippen molar-refractivity contribution in [2.24, 2.45) is 11.7 Å². The predicted molar refractivity (Wildman–Crippen MR) is 121 cm³/mol. The smallest absolute Gasteiger partial charge is 0.318 e. The molecule has 1 unspecified atom stereocenters. The van der Waals surface area contributed by atoms with Gasteiger partial charge in [0.05, 0.1) is 13.1 Å². The van der Waals surface area contributed by atoms with Crippen LogP contribution in [0, 0.1) is 5.92 Å². The van der Waals surface area contributed by atoms with Crippen LogP contribution in [0.15, 0.2) is 77.5 Å². The van der Waals surface area contributed by atoms with Crippen LogP contribution in [0.1, 0.15) is 41.6 Å². The van der Waals surface area contributed by atoms with Crippen molar-refractivity contribution < 1.29 is 23.3 Å². The minimum atomic E-state index is -0.606. The number of hydrogen-bond donors (Lipinski definition) is 1. The number of benzene rings is 2. The number of carbonyl (C=O) groups excluding carboxylic acids is 2. The van der Waals surface area contributed by atoms with E-state index in [0.717, 1.165) is 37.1 Å². The number of primary amides is 1. The Hall–Kier alpha value is -3.45. The summed E-state index contributed by atoms with van der Waals surface area (Å²) in [5, 5.41) is 4.02. The number of amides is 1. The van der Waals surface area contributed by atoms with Gasteiger partial charge in [0, 0.05) is 24.8 Å². The topological polar surface area (TPSA) is 95.4 Å². The quantitative estimate of drug-likeness (QED) is 0.444. The number of rotatable bonds is 7. The first-order chi connectivity index (χ1) is 16.1. The lowest BCUT2D eigenvalue weighted by molar-refractivity contribution is -0.965. The summed E-state index contributed by atoms with van der Waals surface area (Å²) in [6.07, 6.45) is 2.94. The lowest BCUT2D eigenvalue weighted by Crippen LogP contribution is -2.67. The largest absolute Gasteiger partial charge is 0.455 e. The van der Waals surface area contributed by atoms with Crippen LogP contribution in [0.25, 0.3) is 0 Å². The molecule has 6 rings (SSSR count). The zero-order valence-electron chi connectivity index (χ0n) is 18.4. The normalized spacial score (nSPS) is 25.0. The molecule has 3 saturated heterocycles. The number of nitrogens with zero attached hydrogens (tertiary/aromatic N) is 2. The Bertz CT molecular complexity index is 1050. The van der Waals surface area contributed by atoms with Gasteiger partial charge in [0.2, 0.25) is 6.04 Å².